The summed E-state index contributed by atoms with van der Waals surface area (Å²) in [5, 5.41) is 6.18. The quantitative estimate of drug-likeness (QED) is 0.745. The van der Waals surface area contributed by atoms with Crippen molar-refractivity contribution < 1.29 is 4.79 Å². The number of para-hydroxylation sites is 1. The predicted molar refractivity (Wildman–Crippen MR) is 99.0 cm³/mol. The molecule has 5 heteroatoms. The monoisotopic (exact) mass is 330 g/mol. The highest BCUT2D eigenvalue weighted by molar-refractivity contribution is 5.99. The van der Waals surface area contributed by atoms with E-state index >= 15 is 0 Å². The molecule has 0 spiro atoms. The standard InChI is InChI=1S/C20H18N4O/c1-12-7-8-15(9-13(12)2)22-20-21-11-14-10-18(25)23-17-6-4-3-5-16(17)19(14)24-20/h3-9,11H,10H2,1-2H3,(H,23,25)(H,21,22,24). The lowest BCUT2D eigenvalue weighted by Gasteiger charge is -2.11. The van der Waals surface area contributed by atoms with Crippen LogP contribution in [0.25, 0.3) is 11.3 Å². The third-order valence-electron chi connectivity index (χ3n) is 4.43. The van der Waals surface area contributed by atoms with Crippen LogP contribution in [0.15, 0.2) is 48.7 Å². The fourth-order valence-corrected chi connectivity index (χ4v) is 2.94. The Balaban J connectivity index is 1.76. The summed E-state index contributed by atoms with van der Waals surface area (Å²) in [7, 11) is 0. The van der Waals surface area contributed by atoms with Crippen LogP contribution in [-0.4, -0.2) is 15.9 Å². The summed E-state index contributed by atoms with van der Waals surface area (Å²) >= 11 is 0. The minimum absolute atomic E-state index is 0.0512. The van der Waals surface area contributed by atoms with Crippen LogP contribution in [0.2, 0.25) is 0 Å². The fourth-order valence-electron chi connectivity index (χ4n) is 2.94. The lowest BCUT2D eigenvalue weighted by atomic mass is 10.1. The normalized spacial score (nSPS) is 12.6. The first kappa shape index (κ1) is 15.3. The first-order valence-corrected chi connectivity index (χ1v) is 8.19. The number of nitrogens with zero attached hydrogens (tertiary/aromatic N) is 2. The van der Waals surface area contributed by atoms with Crippen LogP contribution in [-0.2, 0) is 11.2 Å². The number of carbonyl (C=O) groups is 1. The van der Waals surface area contributed by atoms with E-state index in [2.05, 4.69) is 46.6 Å². The fraction of sp³-hybridized carbons (Fsp3) is 0.150. The Morgan fingerprint density at radius 2 is 1.92 bits per heavy atom. The van der Waals surface area contributed by atoms with Crippen molar-refractivity contribution in [3.63, 3.8) is 0 Å². The van der Waals surface area contributed by atoms with Gasteiger partial charge in [0, 0.05) is 23.0 Å². The average Bonchev–Trinajstić information content (AvgIpc) is 2.73. The number of fused-ring (bicyclic) bond motifs is 3. The van der Waals surface area contributed by atoms with Gasteiger partial charge in [-0.15, -0.1) is 0 Å². The smallest absolute Gasteiger partial charge is 0.228 e. The second-order valence-corrected chi connectivity index (χ2v) is 6.26. The molecule has 4 rings (SSSR count). The van der Waals surface area contributed by atoms with E-state index in [9.17, 15) is 4.79 Å². The highest BCUT2D eigenvalue weighted by Gasteiger charge is 2.20. The maximum absolute atomic E-state index is 12.1. The van der Waals surface area contributed by atoms with Gasteiger partial charge in [0.25, 0.3) is 0 Å². The Morgan fingerprint density at radius 3 is 2.76 bits per heavy atom. The third kappa shape index (κ3) is 2.96. The van der Waals surface area contributed by atoms with Crippen LogP contribution < -0.4 is 10.6 Å². The molecule has 1 aliphatic rings. The van der Waals surface area contributed by atoms with Crippen molar-refractivity contribution in [2.24, 2.45) is 0 Å². The number of nitrogens with one attached hydrogen (secondary N) is 2. The van der Waals surface area contributed by atoms with Gasteiger partial charge < -0.3 is 10.6 Å². The summed E-state index contributed by atoms with van der Waals surface area (Å²) in [6.07, 6.45) is 2.00. The number of anilines is 3. The van der Waals surface area contributed by atoms with E-state index < -0.39 is 0 Å². The Kier molecular flexibility index (Phi) is 3.69. The van der Waals surface area contributed by atoms with Crippen molar-refractivity contribution >= 4 is 23.2 Å². The molecule has 0 aliphatic carbocycles. The van der Waals surface area contributed by atoms with E-state index in [4.69, 9.17) is 0 Å². The Labute approximate surface area is 146 Å². The van der Waals surface area contributed by atoms with Gasteiger partial charge in [-0.2, -0.15) is 0 Å². The van der Waals surface area contributed by atoms with Gasteiger partial charge in [-0.3, -0.25) is 4.79 Å². The maximum atomic E-state index is 12.1. The predicted octanol–water partition coefficient (Wildman–Crippen LogP) is 4.00. The zero-order valence-electron chi connectivity index (χ0n) is 14.1. The number of rotatable bonds is 2. The van der Waals surface area contributed by atoms with Crippen molar-refractivity contribution in [3.05, 3.63) is 65.4 Å². The Bertz CT molecular complexity index is 981. The molecule has 1 amide bonds. The molecule has 2 heterocycles. The number of aromatic nitrogens is 2. The number of carbonyl (C=O) groups excluding carboxylic acids is 1. The van der Waals surface area contributed by atoms with Gasteiger partial charge in [-0.25, -0.2) is 9.97 Å². The first-order valence-electron chi connectivity index (χ1n) is 8.19. The van der Waals surface area contributed by atoms with Crippen molar-refractivity contribution in [2.75, 3.05) is 10.6 Å². The van der Waals surface area contributed by atoms with E-state index in [-0.39, 0.29) is 12.3 Å². The van der Waals surface area contributed by atoms with Crippen LogP contribution in [0, 0.1) is 13.8 Å². The number of aryl methyl sites for hydroxylation is 2. The molecule has 5 nitrogen and oxygen atoms in total. The number of hydrogen-bond acceptors (Lipinski definition) is 4. The minimum atomic E-state index is -0.0512. The van der Waals surface area contributed by atoms with E-state index in [0.29, 0.717) is 5.95 Å². The molecule has 0 unspecified atom stereocenters. The number of amides is 1. The molecule has 0 saturated heterocycles. The maximum Gasteiger partial charge on any atom is 0.228 e. The lowest BCUT2D eigenvalue weighted by Crippen LogP contribution is -2.12. The highest BCUT2D eigenvalue weighted by atomic mass is 16.1. The van der Waals surface area contributed by atoms with Crippen LogP contribution in [0.5, 0.6) is 0 Å². The molecule has 2 aromatic carbocycles. The average molecular weight is 330 g/mol. The zero-order valence-corrected chi connectivity index (χ0v) is 14.1. The van der Waals surface area contributed by atoms with Crippen molar-refractivity contribution in [1.29, 1.82) is 0 Å². The molecule has 0 radical (unpaired) electrons. The van der Waals surface area contributed by atoms with Crippen LogP contribution >= 0.6 is 0 Å². The van der Waals surface area contributed by atoms with Gasteiger partial charge in [0.2, 0.25) is 11.9 Å². The molecule has 124 valence electrons. The van der Waals surface area contributed by atoms with Gasteiger partial charge >= 0.3 is 0 Å². The first-order chi connectivity index (χ1) is 12.1. The highest BCUT2D eigenvalue weighted by Crippen LogP contribution is 2.32. The molecule has 1 aromatic heterocycles. The molecular weight excluding hydrogens is 312 g/mol. The molecule has 0 bridgehead atoms. The van der Waals surface area contributed by atoms with Crippen LogP contribution in [0.4, 0.5) is 17.3 Å². The summed E-state index contributed by atoms with van der Waals surface area (Å²) in [5.41, 5.74) is 6.70. The van der Waals surface area contributed by atoms with Gasteiger partial charge in [0.15, 0.2) is 0 Å². The Hall–Kier alpha value is -3.21. The second kappa shape index (κ2) is 6.02. The SMILES string of the molecule is Cc1ccc(Nc2ncc3c(n2)-c2ccccc2NC(=O)C3)cc1C. The van der Waals surface area contributed by atoms with E-state index in [0.717, 1.165) is 28.2 Å². The lowest BCUT2D eigenvalue weighted by molar-refractivity contribution is -0.115. The second-order valence-electron chi connectivity index (χ2n) is 6.26. The summed E-state index contributed by atoms with van der Waals surface area (Å²) in [6.45, 7) is 4.16. The van der Waals surface area contributed by atoms with Crippen molar-refractivity contribution in [3.8, 4) is 11.3 Å². The summed E-state index contributed by atoms with van der Waals surface area (Å²) in [4.78, 5) is 21.1. The van der Waals surface area contributed by atoms with E-state index in [1.54, 1.807) is 6.20 Å². The molecule has 0 fully saturated rings. The molecular formula is C20H18N4O. The molecule has 3 aromatic rings. The topological polar surface area (TPSA) is 66.9 Å². The molecule has 2 N–H and O–H groups in total. The van der Waals surface area contributed by atoms with Gasteiger partial charge in [-0.05, 0) is 43.2 Å². The summed E-state index contributed by atoms with van der Waals surface area (Å²) in [6, 6.07) is 13.9. The van der Waals surface area contributed by atoms with E-state index in [1.807, 2.05) is 30.3 Å². The molecule has 25 heavy (non-hydrogen) atoms. The summed E-state index contributed by atoms with van der Waals surface area (Å²) < 4.78 is 0. The largest absolute Gasteiger partial charge is 0.325 e. The van der Waals surface area contributed by atoms with Crippen molar-refractivity contribution in [1.82, 2.24) is 9.97 Å². The molecule has 0 atom stereocenters. The molecule has 1 aliphatic heterocycles. The van der Waals surface area contributed by atoms with Gasteiger partial charge in [-0.1, -0.05) is 24.3 Å². The number of hydrogen-bond donors (Lipinski definition) is 2. The third-order valence-corrected chi connectivity index (χ3v) is 4.43. The van der Waals surface area contributed by atoms with Gasteiger partial charge in [0.1, 0.15) is 0 Å². The summed E-state index contributed by atoms with van der Waals surface area (Å²) in [5.74, 6) is 0.468. The van der Waals surface area contributed by atoms with E-state index in [1.165, 1.54) is 11.1 Å². The van der Waals surface area contributed by atoms with Gasteiger partial charge in [0.05, 0.1) is 17.8 Å². The van der Waals surface area contributed by atoms with Crippen LogP contribution in [0.3, 0.4) is 0 Å². The van der Waals surface area contributed by atoms with Crippen LogP contribution in [0.1, 0.15) is 16.7 Å². The molecule has 0 saturated carbocycles. The number of benzene rings is 2. The zero-order chi connectivity index (χ0) is 17.4. The minimum Gasteiger partial charge on any atom is -0.325 e. The van der Waals surface area contributed by atoms with Crippen molar-refractivity contribution in [2.45, 2.75) is 20.3 Å². The Morgan fingerprint density at radius 1 is 1.08 bits per heavy atom.